The van der Waals surface area contributed by atoms with Gasteiger partial charge in [0.25, 0.3) is 5.91 Å². The number of thiophene rings is 1. The molecule has 0 saturated carbocycles. The van der Waals surface area contributed by atoms with Crippen LogP contribution in [0.3, 0.4) is 0 Å². The quantitative estimate of drug-likeness (QED) is 0.828. The first-order valence-electron chi connectivity index (χ1n) is 5.12. The average molecular weight is 241 g/mol. The SMILES string of the molecule is CC[C@H](C)[C@H](NC(=O)c1ccsc1)C(=O)O. The Hall–Kier alpha value is -1.36. The Morgan fingerprint density at radius 1 is 1.56 bits per heavy atom. The Bertz CT molecular complexity index is 361. The number of carboxylic acid groups (broad SMARTS) is 1. The number of nitrogens with one attached hydrogen (secondary N) is 1. The van der Waals surface area contributed by atoms with Crippen LogP contribution in [0.1, 0.15) is 30.6 Å². The van der Waals surface area contributed by atoms with E-state index in [4.69, 9.17) is 5.11 Å². The van der Waals surface area contributed by atoms with Crippen molar-refractivity contribution in [3.63, 3.8) is 0 Å². The van der Waals surface area contributed by atoms with E-state index in [0.29, 0.717) is 12.0 Å². The molecule has 1 amide bonds. The predicted octanol–water partition coefficient (Wildman–Crippen LogP) is 1.98. The van der Waals surface area contributed by atoms with Gasteiger partial charge >= 0.3 is 5.97 Å². The predicted molar refractivity (Wildman–Crippen MR) is 62.7 cm³/mol. The van der Waals surface area contributed by atoms with Gasteiger partial charge in [-0.25, -0.2) is 4.79 Å². The summed E-state index contributed by atoms with van der Waals surface area (Å²) in [5, 5.41) is 15.0. The van der Waals surface area contributed by atoms with Gasteiger partial charge in [0.1, 0.15) is 6.04 Å². The molecular formula is C11H15NO3S. The summed E-state index contributed by atoms with van der Waals surface area (Å²) in [6, 6.07) is 0.854. The Morgan fingerprint density at radius 3 is 2.69 bits per heavy atom. The molecule has 0 fully saturated rings. The molecule has 0 aliphatic heterocycles. The average Bonchev–Trinajstić information content (AvgIpc) is 2.77. The lowest BCUT2D eigenvalue weighted by molar-refractivity contribution is -0.140. The summed E-state index contributed by atoms with van der Waals surface area (Å²) >= 11 is 1.41. The number of amides is 1. The van der Waals surface area contributed by atoms with Gasteiger partial charge < -0.3 is 10.4 Å². The standard InChI is InChI=1S/C11H15NO3S/c1-3-7(2)9(11(14)15)12-10(13)8-4-5-16-6-8/h4-7,9H,3H2,1-2H3,(H,12,13)(H,14,15)/t7-,9-/m0/s1. The summed E-state index contributed by atoms with van der Waals surface area (Å²) in [6.07, 6.45) is 0.709. The molecule has 0 bridgehead atoms. The molecular weight excluding hydrogens is 226 g/mol. The highest BCUT2D eigenvalue weighted by molar-refractivity contribution is 7.08. The number of carboxylic acids is 1. The zero-order valence-corrected chi connectivity index (χ0v) is 10.1. The van der Waals surface area contributed by atoms with Crippen molar-refractivity contribution < 1.29 is 14.7 Å². The number of carbonyl (C=O) groups is 2. The number of aliphatic carboxylic acids is 1. The maximum Gasteiger partial charge on any atom is 0.326 e. The van der Waals surface area contributed by atoms with E-state index in [-0.39, 0.29) is 11.8 Å². The van der Waals surface area contributed by atoms with Gasteiger partial charge in [-0.2, -0.15) is 11.3 Å². The number of rotatable bonds is 5. The molecule has 0 saturated heterocycles. The second kappa shape index (κ2) is 5.65. The third-order valence-electron chi connectivity index (χ3n) is 2.55. The monoisotopic (exact) mass is 241 g/mol. The molecule has 1 aromatic heterocycles. The van der Waals surface area contributed by atoms with Gasteiger partial charge in [-0.05, 0) is 17.4 Å². The molecule has 0 radical (unpaired) electrons. The Balaban J connectivity index is 2.69. The molecule has 5 heteroatoms. The largest absolute Gasteiger partial charge is 0.480 e. The van der Waals surface area contributed by atoms with Crippen LogP contribution in [0, 0.1) is 5.92 Å². The lowest BCUT2D eigenvalue weighted by Crippen LogP contribution is -2.44. The summed E-state index contributed by atoms with van der Waals surface area (Å²) in [4.78, 5) is 22.7. The highest BCUT2D eigenvalue weighted by atomic mass is 32.1. The van der Waals surface area contributed by atoms with Crippen LogP contribution in [0.2, 0.25) is 0 Å². The lowest BCUT2D eigenvalue weighted by Gasteiger charge is -2.19. The summed E-state index contributed by atoms with van der Waals surface area (Å²) in [7, 11) is 0. The molecule has 88 valence electrons. The second-order valence-corrected chi connectivity index (χ2v) is 4.47. The van der Waals surface area contributed by atoms with Crippen LogP contribution in [0.25, 0.3) is 0 Å². The molecule has 16 heavy (non-hydrogen) atoms. The molecule has 1 heterocycles. The maximum atomic E-state index is 11.7. The van der Waals surface area contributed by atoms with Crippen molar-refractivity contribution in [2.45, 2.75) is 26.3 Å². The minimum Gasteiger partial charge on any atom is -0.480 e. The number of carbonyl (C=O) groups excluding carboxylic acids is 1. The summed E-state index contributed by atoms with van der Waals surface area (Å²) < 4.78 is 0. The molecule has 4 nitrogen and oxygen atoms in total. The summed E-state index contributed by atoms with van der Waals surface area (Å²) in [5.74, 6) is -1.40. The first kappa shape index (κ1) is 12.7. The van der Waals surface area contributed by atoms with E-state index in [9.17, 15) is 9.59 Å². The first-order chi connectivity index (χ1) is 7.56. The van der Waals surface area contributed by atoms with Gasteiger partial charge in [0.05, 0.1) is 5.56 Å². The Kier molecular flexibility index (Phi) is 4.49. The summed E-state index contributed by atoms with van der Waals surface area (Å²) in [6.45, 7) is 3.71. The van der Waals surface area contributed by atoms with Crippen LogP contribution >= 0.6 is 11.3 Å². The van der Waals surface area contributed by atoms with E-state index in [1.165, 1.54) is 11.3 Å². The minimum absolute atomic E-state index is 0.0833. The second-order valence-electron chi connectivity index (χ2n) is 3.69. The third kappa shape index (κ3) is 3.06. The minimum atomic E-state index is -0.988. The zero-order valence-electron chi connectivity index (χ0n) is 9.27. The van der Waals surface area contributed by atoms with Gasteiger partial charge in [0.15, 0.2) is 0 Å². The van der Waals surface area contributed by atoms with E-state index in [1.54, 1.807) is 16.8 Å². The van der Waals surface area contributed by atoms with Crippen LogP contribution in [0.5, 0.6) is 0 Å². The molecule has 0 aromatic carbocycles. The van der Waals surface area contributed by atoms with Crippen molar-refractivity contribution in [3.8, 4) is 0 Å². The molecule has 1 rings (SSSR count). The molecule has 0 spiro atoms. The summed E-state index contributed by atoms with van der Waals surface area (Å²) in [5.41, 5.74) is 0.513. The highest BCUT2D eigenvalue weighted by Crippen LogP contribution is 2.11. The van der Waals surface area contributed by atoms with Crippen molar-refractivity contribution >= 4 is 23.2 Å². The van der Waals surface area contributed by atoms with Gasteiger partial charge in [0.2, 0.25) is 0 Å². The molecule has 0 aliphatic rings. The van der Waals surface area contributed by atoms with Crippen LogP contribution < -0.4 is 5.32 Å². The fraction of sp³-hybridized carbons (Fsp3) is 0.455. The first-order valence-corrected chi connectivity index (χ1v) is 6.06. The van der Waals surface area contributed by atoms with Gasteiger partial charge in [-0.15, -0.1) is 0 Å². The van der Waals surface area contributed by atoms with E-state index in [0.717, 1.165) is 0 Å². The lowest BCUT2D eigenvalue weighted by atomic mass is 9.99. The van der Waals surface area contributed by atoms with Gasteiger partial charge in [-0.3, -0.25) is 4.79 Å². The zero-order chi connectivity index (χ0) is 12.1. The Labute approximate surface area is 98.3 Å². The third-order valence-corrected chi connectivity index (χ3v) is 3.23. The molecule has 0 aliphatic carbocycles. The van der Waals surface area contributed by atoms with Crippen molar-refractivity contribution in [1.82, 2.24) is 5.32 Å². The van der Waals surface area contributed by atoms with Crippen molar-refractivity contribution in [1.29, 1.82) is 0 Å². The van der Waals surface area contributed by atoms with E-state index in [1.807, 2.05) is 13.8 Å². The van der Waals surface area contributed by atoms with Crippen LogP contribution in [-0.2, 0) is 4.79 Å². The fourth-order valence-electron chi connectivity index (χ4n) is 1.30. The van der Waals surface area contributed by atoms with Crippen LogP contribution in [-0.4, -0.2) is 23.0 Å². The van der Waals surface area contributed by atoms with E-state index >= 15 is 0 Å². The molecule has 2 atom stereocenters. The van der Waals surface area contributed by atoms with Crippen LogP contribution in [0.4, 0.5) is 0 Å². The van der Waals surface area contributed by atoms with E-state index in [2.05, 4.69) is 5.32 Å². The fourth-order valence-corrected chi connectivity index (χ4v) is 1.94. The number of hydrogen-bond donors (Lipinski definition) is 2. The molecule has 1 aromatic rings. The van der Waals surface area contributed by atoms with Gasteiger partial charge in [0, 0.05) is 5.38 Å². The topological polar surface area (TPSA) is 66.4 Å². The van der Waals surface area contributed by atoms with Crippen molar-refractivity contribution in [2.24, 2.45) is 5.92 Å². The van der Waals surface area contributed by atoms with Crippen LogP contribution in [0.15, 0.2) is 16.8 Å². The molecule has 0 unspecified atom stereocenters. The maximum absolute atomic E-state index is 11.7. The normalized spacial score (nSPS) is 14.1. The Morgan fingerprint density at radius 2 is 2.25 bits per heavy atom. The van der Waals surface area contributed by atoms with E-state index < -0.39 is 12.0 Å². The van der Waals surface area contributed by atoms with Gasteiger partial charge in [-0.1, -0.05) is 20.3 Å². The van der Waals surface area contributed by atoms with Crippen molar-refractivity contribution in [2.75, 3.05) is 0 Å². The molecule has 2 N–H and O–H groups in total. The smallest absolute Gasteiger partial charge is 0.326 e. The van der Waals surface area contributed by atoms with Crippen molar-refractivity contribution in [3.05, 3.63) is 22.4 Å². The number of hydrogen-bond acceptors (Lipinski definition) is 3. The highest BCUT2D eigenvalue weighted by Gasteiger charge is 2.25.